The van der Waals surface area contributed by atoms with Crippen molar-refractivity contribution in [2.24, 2.45) is 0 Å². The van der Waals surface area contributed by atoms with Crippen LogP contribution in [0, 0.1) is 0 Å². The van der Waals surface area contributed by atoms with Crippen LogP contribution in [0.25, 0.3) is 77.8 Å². The second-order valence-electron chi connectivity index (χ2n) is 11.6. The molecule has 46 heavy (non-hydrogen) atoms. The first kappa shape index (κ1) is 27.4. The topological polar surface area (TPSA) is 27.0 Å². The number of hydrogen-bond acceptors (Lipinski definition) is 1. The zero-order valence-corrected chi connectivity index (χ0v) is 25.3. The predicted molar refractivity (Wildman–Crippen MR) is 191 cm³/mol. The van der Waals surface area contributed by atoms with Gasteiger partial charge in [-0.15, -0.1) is 0 Å². The Morgan fingerprint density at radius 3 is 1.02 bits per heavy atom. The number of rotatable bonds is 6. The molecule has 8 rings (SSSR count). The van der Waals surface area contributed by atoms with Crippen LogP contribution in [0.5, 0.6) is 0 Å². The third kappa shape index (κ3) is 5.60. The van der Waals surface area contributed by atoms with Crippen molar-refractivity contribution in [3.8, 4) is 66.8 Å². The van der Waals surface area contributed by atoms with Gasteiger partial charge in [0.25, 0.3) is 0 Å². The summed E-state index contributed by atoms with van der Waals surface area (Å²) in [6.45, 7) is 0. The van der Waals surface area contributed by atoms with Gasteiger partial charge >= 0.3 is 5.65 Å². The summed E-state index contributed by atoms with van der Waals surface area (Å²) in [6.07, 6.45) is 4.04. The number of aromatic nitrogens is 2. The quantitative estimate of drug-likeness (QED) is 0.190. The summed E-state index contributed by atoms with van der Waals surface area (Å²) >= 11 is 0. The maximum atomic E-state index is 4.87. The fourth-order valence-corrected chi connectivity index (χ4v) is 6.17. The first-order valence-corrected chi connectivity index (χ1v) is 15.6. The largest absolute Gasteiger partial charge is 0.328 e. The van der Waals surface area contributed by atoms with Gasteiger partial charge in [0.2, 0.25) is 0 Å². The molecule has 2 heteroatoms. The van der Waals surface area contributed by atoms with Gasteiger partial charge in [0.05, 0.1) is 11.6 Å². The lowest BCUT2D eigenvalue weighted by Crippen LogP contribution is -2.05. The Morgan fingerprint density at radius 1 is 0.304 bits per heavy atom. The van der Waals surface area contributed by atoms with Crippen LogP contribution in [0.1, 0.15) is 0 Å². The van der Waals surface area contributed by atoms with Gasteiger partial charge in [0.15, 0.2) is 0 Å². The Balaban J connectivity index is 1.25. The van der Waals surface area contributed by atoms with Crippen molar-refractivity contribution in [3.63, 3.8) is 0 Å². The molecule has 2 nitrogen and oxygen atoms in total. The van der Waals surface area contributed by atoms with Gasteiger partial charge in [-0.3, -0.25) is 0 Å². The highest BCUT2D eigenvalue weighted by molar-refractivity contribution is 5.88. The Labute approximate surface area is 269 Å². The predicted octanol–water partition coefficient (Wildman–Crippen LogP) is 11.1. The monoisotopic (exact) mass is 587 g/mol. The van der Waals surface area contributed by atoms with Crippen LogP contribution in [-0.4, -0.2) is 4.98 Å². The molecule has 216 valence electrons. The molecule has 0 aliphatic rings. The minimum atomic E-state index is 0.859. The SMILES string of the molecule is c1ccc(-c2cc(-c3ccccc3)cc(-c3cnc4[nH+]cc(-c5cc(-c6ccccc6)cc(-c6ccccc6)c5)cc4c3)c2)cc1. The zero-order chi connectivity index (χ0) is 30.7. The molecule has 8 aromatic rings. The molecule has 1 N–H and O–H groups in total. The summed E-state index contributed by atoms with van der Waals surface area (Å²) in [5.41, 5.74) is 14.9. The van der Waals surface area contributed by atoms with E-state index in [1.54, 1.807) is 0 Å². The Morgan fingerprint density at radius 2 is 0.630 bits per heavy atom. The van der Waals surface area contributed by atoms with Crippen molar-refractivity contribution in [3.05, 3.63) is 182 Å². The van der Waals surface area contributed by atoms with Crippen LogP contribution < -0.4 is 4.98 Å². The van der Waals surface area contributed by atoms with E-state index in [-0.39, 0.29) is 0 Å². The van der Waals surface area contributed by atoms with Crippen molar-refractivity contribution < 1.29 is 4.98 Å². The fraction of sp³-hybridized carbons (Fsp3) is 0. The molecule has 0 saturated carbocycles. The summed E-state index contributed by atoms with van der Waals surface area (Å²) in [5, 5.41) is 1.06. The molecule has 2 aromatic heterocycles. The third-order valence-corrected chi connectivity index (χ3v) is 8.55. The number of hydrogen-bond donors (Lipinski definition) is 0. The van der Waals surface area contributed by atoms with Gasteiger partial charge in [-0.25, -0.2) is 4.98 Å². The Bertz CT molecular complexity index is 2000. The number of aromatic amines is 1. The standard InChI is InChI=1S/C44H30N2/c1-5-13-31(14-6-1)35-21-36(32-15-7-2-8-16-32)24-39(23-35)42-27-41-28-43(30-46-44(41)45-29-42)40-25-37(33-17-9-3-10-18-33)22-38(26-40)34-19-11-4-12-20-34/h1-30H/p+1. The number of benzene rings is 6. The van der Waals surface area contributed by atoms with E-state index in [0.29, 0.717) is 0 Å². The number of pyridine rings is 2. The summed E-state index contributed by atoms with van der Waals surface area (Å²) in [7, 11) is 0. The second-order valence-corrected chi connectivity index (χ2v) is 11.6. The molecule has 0 radical (unpaired) electrons. The van der Waals surface area contributed by atoms with Gasteiger partial charge < -0.3 is 0 Å². The number of H-pyrrole nitrogens is 1. The summed E-state index contributed by atoms with van der Waals surface area (Å²) in [4.78, 5) is 8.35. The highest BCUT2D eigenvalue weighted by Gasteiger charge is 2.14. The lowest BCUT2D eigenvalue weighted by atomic mass is 9.93. The van der Waals surface area contributed by atoms with Crippen LogP contribution in [0.2, 0.25) is 0 Å². The summed E-state index contributed by atoms with van der Waals surface area (Å²) in [5.74, 6) is 0. The van der Waals surface area contributed by atoms with E-state index in [0.717, 1.165) is 33.3 Å². The average Bonchev–Trinajstić information content (AvgIpc) is 3.15. The lowest BCUT2D eigenvalue weighted by molar-refractivity contribution is -0.346. The molecule has 0 aliphatic heterocycles. The molecule has 0 atom stereocenters. The molecule has 0 saturated heterocycles. The summed E-state index contributed by atoms with van der Waals surface area (Å²) in [6, 6.07) is 60.5. The molecule has 0 bridgehead atoms. The lowest BCUT2D eigenvalue weighted by Gasteiger charge is -2.12. The Kier molecular flexibility index (Phi) is 7.22. The van der Waals surface area contributed by atoms with Crippen LogP contribution in [0.15, 0.2) is 182 Å². The minimum Gasteiger partial charge on any atom is -0.243 e. The second kappa shape index (κ2) is 12.1. The molecule has 0 unspecified atom stereocenters. The number of fused-ring (bicyclic) bond motifs is 1. The van der Waals surface area contributed by atoms with Gasteiger partial charge in [-0.2, -0.15) is 0 Å². The van der Waals surface area contributed by atoms with E-state index < -0.39 is 0 Å². The average molecular weight is 588 g/mol. The number of nitrogens with zero attached hydrogens (tertiary/aromatic N) is 1. The van der Waals surface area contributed by atoms with Crippen molar-refractivity contribution in [2.75, 3.05) is 0 Å². The third-order valence-electron chi connectivity index (χ3n) is 8.55. The van der Waals surface area contributed by atoms with Crippen molar-refractivity contribution in [2.45, 2.75) is 0 Å². The van der Waals surface area contributed by atoms with Gasteiger partial charge in [0, 0.05) is 11.1 Å². The molecule has 0 spiro atoms. The van der Waals surface area contributed by atoms with Gasteiger partial charge in [0.1, 0.15) is 6.20 Å². The van der Waals surface area contributed by atoms with Crippen LogP contribution in [-0.2, 0) is 0 Å². The molecule has 2 heterocycles. The van der Waals surface area contributed by atoms with Crippen molar-refractivity contribution >= 4 is 11.0 Å². The first-order valence-electron chi connectivity index (χ1n) is 15.6. The molecular formula is C44H31N2+. The van der Waals surface area contributed by atoms with E-state index in [1.807, 2.05) is 6.20 Å². The fourth-order valence-electron chi connectivity index (χ4n) is 6.17. The van der Waals surface area contributed by atoms with Gasteiger partial charge in [-0.05, 0) is 109 Å². The highest BCUT2D eigenvalue weighted by Crippen LogP contribution is 2.35. The van der Waals surface area contributed by atoms with E-state index in [1.165, 1.54) is 44.5 Å². The first-order chi connectivity index (χ1) is 22.8. The smallest absolute Gasteiger partial charge is 0.243 e. The van der Waals surface area contributed by atoms with E-state index in [9.17, 15) is 0 Å². The minimum absolute atomic E-state index is 0.859. The van der Waals surface area contributed by atoms with Crippen molar-refractivity contribution in [1.29, 1.82) is 0 Å². The molecule has 6 aromatic carbocycles. The van der Waals surface area contributed by atoms with E-state index in [2.05, 4.69) is 181 Å². The van der Waals surface area contributed by atoms with E-state index >= 15 is 0 Å². The highest BCUT2D eigenvalue weighted by atomic mass is 14.8. The van der Waals surface area contributed by atoms with E-state index in [4.69, 9.17) is 4.98 Å². The number of nitrogens with one attached hydrogen (secondary N) is 1. The molecule has 0 aliphatic carbocycles. The maximum Gasteiger partial charge on any atom is 0.328 e. The normalized spacial score (nSPS) is 11.0. The van der Waals surface area contributed by atoms with Crippen LogP contribution >= 0.6 is 0 Å². The molecule has 0 amide bonds. The molecule has 0 fully saturated rings. The van der Waals surface area contributed by atoms with Crippen LogP contribution in [0.3, 0.4) is 0 Å². The van der Waals surface area contributed by atoms with Gasteiger partial charge in [-0.1, -0.05) is 121 Å². The Hall–Kier alpha value is -6.12. The zero-order valence-electron chi connectivity index (χ0n) is 25.3. The molecular weight excluding hydrogens is 556 g/mol. The maximum absolute atomic E-state index is 4.87. The van der Waals surface area contributed by atoms with Crippen molar-refractivity contribution in [1.82, 2.24) is 4.98 Å². The van der Waals surface area contributed by atoms with Crippen LogP contribution in [0.4, 0.5) is 0 Å². The summed E-state index contributed by atoms with van der Waals surface area (Å²) < 4.78 is 0.